The van der Waals surface area contributed by atoms with Gasteiger partial charge in [0.25, 0.3) is 0 Å². The lowest BCUT2D eigenvalue weighted by Crippen LogP contribution is -2.41. The number of hydrogen-bond acceptors (Lipinski definition) is 3. The van der Waals surface area contributed by atoms with E-state index in [4.69, 9.17) is 10.5 Å². The van der Waals surface area contributed by atoms with Crippen molar-refractivity contribution in [2.24, 2.45) is 5.73 Å². The molecule has 0 aliphatic heterocycles. The molecule has 3 nitrogen and oxygen atoms in total. The molecule has 6 heteroatoms. The highest BCUT2D eigenvalue weighted by atomic mass is 19.4. The van der Waals surface area contributed by atoms with Gasteiger partial charge in [0.15, 0.2) is 0 Å². The third-order valence-corrected chi connectivity index (χ3v) is 2.96. The Kier molecular flexibility index (Phi) is 6.48. The van der Waals surface area contributed by atoms with Crippen LogP contribution in [0, 0.1) is 6.92 Å². The Labute approximate surface area is 123 Å². The van der Waals surface area contributed by atoms with E-state index in [0.717, 1.165) is 12.8 Å². The zero-order chi connectivity index (χ0) is 16.0. The van der Waals surface area contributed by atoms with E-state index in [9.17, 15) is 13.2 Å². The first-order valence-corrected chi connectivity index (χ1v) is 7.05. The van der Waals surface area contributed by atoms with Crippen LogP contribution in [0.4, 0.5) is 13.2 Å². The SMILES string of the molecule is CC.Cc1cc(COC2CC(N)C2)cc(OC(F)(F)F)c1. The summed E-state index contributed by atoms with van der Waals surface area (Å²) in [5, 5.41) is 0. The smallest absolute Gasteiger partial charge is 0.406 e. The zero-order valence-electron chi connectivity index (χ0n) is 12.5. The molecule has 0 saturated heterocycles. The molecule has 2 rings (SSSR count). The van der Waals surface area contributed by atoms with Crippen LogP contribution < -0.4 is 10.5 Å². The average molecular weight is 305 g/mol. The normalized spacial score (nSPS) is 21.1. The zero-order valence-corrected chi connectivity index (χ0v) is 12.5. The minimum atomic E-state index is -4.67. The van der Waals surface area contributed by atoms with E-state index in [1.165, 1.54) is 12.1 Å². The Bertz CT molecular complexity index is 443. The first-order chi connectivity index (χ1) is 9.82. The first kappa shape index (κ1) is 17.8. The van der Waals surface area contributed by atoms with Gasteiger partial charge < -0.3 is 15.2 Å². The monoisotopic (exact) mass is 305 g/mol. The molecule has 1 aliphatic rings. The first-order valence-electron chi connectivity index (χ1n) is 7.05. The van der Waals surface area contributed by atoms with Crippen molar-refractivity contribution in [2.75, 3.05) is 0 Å². The standard InChI is InChI=1S/C13H16F3NO2.C2H6/c1-8-2-9(7-18-11-5-10(17)6-11)4-12(3-8)19-13(14,15)16;1-2/h2-4,10-11H,5-7,17H2,1H3;1-2H3. The van der Waals surface area contributed by atoms with E-state index in [1.54, 1.807) is 13.0 Å². The number of benzene rings is 1. The fraction of sp³-hybridized carbons (Fsp3) is 0.600. The van der Waals surface area contributed by atoms with Crippen molar-refractivity contribution in [3.05, 3.63) is 29.3 Å². The van der Waals surface area contributed by atoms with Crippen LogP contribution >= 0.6 is 0 Å². The van der Waals surface area contributed by atoms with Crippen LogP contribution in [-0.4, -0.2) is 18.5 Å². The maximum absolute atomic E-state index is 12.2. The molecule has 0 spiro atoms. The second-order valence-electron chi connectivity index (χ2n) is 4.87. The minimum Gasteiger partial charge on any atom is -0.406 e. The second kappa shape index (κ2) is 7.66. The van der Waals surface area contributed by atoms with Gasteiger partial charge in [-0.05, 0) is 43.0 Å². The van der Waals surface area contributed by atoms with Crippen LogP contribution in [0.5, 0.6) is 5.75 Å². The molecule has 0 atom stereocenters. The number of nitrogens with two attached hydrogens (primary N) is 1. The lowest BCUT2D eigenvalue weighted by molar-refractivity contribution is -0.274. The average Bonchev–Trinajstić information content (AvgIpc) is 2.33. The van der Waals surface area contributed by atoms with Crippen LogP contribution in [-0.2, 0) is 11.3 Å². The predicted octanol–water partition coefficient (Wildman–Crippen LogP) is 3.93. The Morgan fingerprint density at radius 1 is 1.19 bits per heavy atom. The van der Waals surface area contributed by atoms with Gasteiger partial charge in [-0.15, -0.1) is 13.2 Å². The van der Waals surface area contributed by atoms with Crippen molar-refractivity contribution in [3.63, 3.8) is 0 Å². The topological polar surface area (TPSA) is 44.5 Å². The molecule has 1 aliphatic carbocycles. The minimum absolute atomic E-state index is 0.113. The Balaban J connectivity index is 0.00000106. The summed E-state index contributed by atoms with van der Waals surface area (Å²) in [6.07, 6.45) is -2.95. The van der Waals surface area contributed by atoms with E-state index < -0.39 is 6.36 Å². The molecule has 0 bridgehead atoms. The van der Waals surface area contributed by atoms with Gasteiger partial charge in [0, 0.05) is 6.04 Å². The molecule has 1 fully saturated rings. The molecule has 1 saturated carbocycles. The van der Waals surface area contributed by atoms with Crippen molar-refractivity contribution < 1.29 is 22.6 Å². The Morgan fingerprint density at radius 2 is 1.81 bits per heavy atom. The maximum Gasteiger partial charge on any atom is 0.573 e. The molecule has 120 valence electrons. The van der Waals surface area contributed by atoms with Gasteiger partial charge in [-0.1, -0.05) is 19.9 Å². The molecule has 1 aromatic rings. The molecule has 21 heavy (non-hydrogen) atoms. The van der Waals surface area contributed by atoms with Crippen molar-refractivity contribution in [1.82, 2.24) is 0 Å². The lowest BCUT2D eigenvalue weighted by Gasteiger charge is -2.32. The third kappa shape index (κ3) is 6.35. The van der Waals surface area contributed by atoms with Gasteiger partial charge in [0.1, 0.15) is 5.75 Å². The quantitative estimate of drug-likeness (QED) is 0.916. The number of ether oxygens (including phenoxy) is 2. The summed E-state index contributed by atoms with van der Waals surface area (Å²) in [5.41, 5.74) is 7.00. The van der Waals surface area contributed by atoms with E-state index in [-0.39, 0.29) is 24.5 Å². The highest BCUT2D eigenvalue weighted by Crippen LogP contribution is 2.27. The van der Waals surface area contributed by atoms with Crippen LogP contribution in [0.3, 0.4) is 0 Å². The van der Waals surface area contributed by atoms with E-state index in [1.807, 2.05) is 13.8 Å². The summed E-state index contributed by atoms with van der Waals surface area (Å²) in [6, 6.07) is 4.66. The molecule has 0 aromatic heterocycles. The van der Waals surface area contributed by atoms with Crippen LogP contribution in [0.1, 0.15) is 37.8 Å². The van der Waals surface area contributed by atoms with E-state index in [2.05, 4.69) is 4.74 Å². The fourth-order valence-corrected chi connectivity index (χ4v) is 2.06. The van der Waals surface area contributed by atoms with Gasteiger partial charge in [-0.3, -0.25) is 0 Å². The van der Waals surface area contributed by atoms with Crippen LogP contribution in [0.15, 0.2) is 18.2 Å². The van der Waals surface area contributed by atoms with Gasteiger partial charge in [-0.25, -0.2) is 0 Å². The molecule has 0 amide bonds. The van der Waals surface area contributed by atoms with Gasteiger partial charge in [0.05, 0.1) is 12.7 Å². The summed E-state index contributed by atoms with van der Waals surface area (Å²) in [5.74, 6) is -0.212. The van der Waals surface area contributed by atoms with E-state index >= 15 is 0 Å². The summed E-state index contributed by atoms with van der Waals surface area (Å²) in [4.78, 5) is 0. The fourth-order valence-electron chi connectivity index (χ4n) is 2.06. The molecule has 2 N–H and O–H groups in total. The molecular formula is C15H22F3NO2. The Morgan fingerprint density at radius 3 is 2.33 bits per heavy atom. The van der Waals surface area contributed by atoms with Crippen molar-refractivity contribution in [3.8, 4) is 5.75 Å². The van der Waals surface area contributed by atoms with Crippen LogP contribution in [0.25, 0.3) is 0 Å². The molecule has 0 heterocycles. The lowest BCUT2D eigenvalue weighted by atomic mass is 9.90. The number of rotatable bonds is 4. The van der Waals surface area contributed by atoms with Gasteiger partial charge in [-0.2, -0.15) is 0 Å². The number of halogens is 3. The van der Waals surface area contributed by atoms with Crippen molar-refractivity contribution in [1.29, 1.82) is 0 Å². The predicted molar refractivity (Wildman–Crippen MR) is 75.0 cm³/mol. The van der Waals surface area contributed by atoms with Gasteiger partial charge >= 0.3 is 6.36 Å². The number of aryl methyl sites for hydroxylation is 1. The van der Waals surface area contributed by atoms with E-state index in [0.29, 0.717) is 11.1 Å². The van der Waals surface area contributed by atoms with Crippen LogP contribution in [0.2, 0.25) is 0 Å². The summed E-state index contributed by atoms with van der Waals surface area (Å²) in [7, 11) is 0. The molecule has 1 aromatic carbocycles. The largest absolute Gasteiger partial charge is 0.573 e. The molecule has 0 radical (unpaired) electrons. The van der Waals surface area contributed by atoms with Crippen molar-refractivity contribution >= 4 is 0 Å². The maximum atomic E-state index is 12.2. The Hall–Kier alpha value is -1.27. The summed E-state index contributed by atoms with van der Waals surface area (Å²) >= 11 is 0. The van der Waals surface area contributed by atoms with Gasteiger partial charge in [0.2, 0.25) is 0 Å². The third-order valence-electron chi connectivity index (χ3n) is 2.96. The highest BCUT2D eigenvalue weighted by molar-refractivity contribution is 5.33. The second-order valence-corrected chi connectivity index (χ2v) is 4.87. The summed E-state index contributed by atoms with van der Waals surface area (Å²) < 4.78 is 45.9. The number of alkyl halides is 3. The number of hydrogen-bond donors (Lipinski definition) is 1. The molecular weight excluding hydrogens is 283 g/mol. The summed E-state index contributed by atoms with van der Waals surface area (Å²) in [6.45, 7) is 5.99. The highest BCUT2D eigenvalue weighted by Gasteiger charge is 2.31. The molecule has 0 unspecified atom stereocenters. The van der Waals surface area contributed by atoms with Crippen molar-refractivity contribution in [2.45, 2.75) is 58.7 Å².